The molecule has 1 aliphatic heterocycles. The average Bonchev–Trinajstić information content (AvgIpc) is 3.12. The van der Waals surface area contributed by atoms with Crippen molar-refractivity contribution in [3.05, 3.63) is 23.8 Å². The first-order valence-corrected chi connectivity index (χ1v) is 6.63. The minimum atomic E-state index is 0.0608. The van der Waals surface area contributed by atoms with Crippen LogP contribution in [0.3, 0.4) is 0 Å². The summed E-state index contributed by atoms with van der Waals surface area (Å²) in [5.41, 5.74) is 7.31. The number of hydrogen-bond donors (Lipinski definition) is 2. The highest BCUT2D eigenvalue weighted by Crippen LogP contribution is 2.32. The van der Waals surface area contributed by atoms with Crippen molar-refractivity contribution in [2.75, 3.05) is 19.8 Å². The van der Waals surface area contributed by atoms with E-state index < -0.39 is 0 Å². The lowest BCUT2D eigenvalue weighted by molar-refractivity contribution is 0.297. The van der Waals surface area contributed by atoms with Crippen LogP contribution in [-0.2, 0) is 6.54 Å². The second-order valence-corrected chi connectivity index (χ2v) is 5.30. The number of rotatable bonds is 4. The standard InChI is InChI=1S/C14H20N2O2/c15-14(4-5-14)10-16-9-11-2-3-12-13(8-11)18-7-1-6-17-12/h2-3,8,16H,1,4-7,9-10,15H2. The van der Waals surface area contributed by atoms with E-state index in [1.54, 1.807) is 0 Å². The Morgan fingerprint density at radius 1 is 1.17 bits per heavy atom. The summed E-state index contributed by atoms with van der Waals surface area (Å²) in [6, 6.07) is 6.13. The summed E-state index contributed by atoms with van der Waals surface area (Å²) < 4.78 is 11.3. The van der Waals surface area contributed by atoms with Gasteiger partial charge in [0.2, 0.25) is 0 Å². The van der Waals surface area contributed by atoms with E-state index in [9.17, 15) is 0 Å². The molecular weight excluding hydrogens is 228 g/mol. The Kier molecular flexibility index (Phi) is 3.14. The number of fused-ring (bicyclic) bond motifs is 1. The van der Waals surface area contributed by atoms with Gasteiger partial charge in [0.15, 0.2) is 11.5 Å². The van der Waals surface area contributed by atoms with Gasteiger partial charge in [-0.1, -0.05) is 6.07 Å². The molecule has 1 fully saturated rings. The Labute approximate surface area is 107 Å². The van der Waals surface area contributed by atoms with Gasteiger partial charge in [-0.2, -0.15) is 0 Å². The van der Waals surface area contributed by atoms with Crippen molar-refractivity contribution in [2.45, 2.75) is 31.3 Å². The van der Waals surface area contributed by atoms with Gasteiger partial charge in [-0.05, 0) is 30.5 Å². The van der Waals surface area contributed by atoms with E-state index in [0.717, 1.165) is 57.1 Å². The largest absolute Gasteiger partial charge is 0.490 e. The van der Waals surface area contributed by atoms with Crippen LogP contribution in [0, 0.1) is 0 Å². The number of nitrogens with one attached hydrogen (secondary N) is 1. The summed E-state index contributed by atoms with van der Waals surface area (Å²) in [7, 11) is 0. The van der Waals surface area contributed by atoms with Crippen molar-refractivity contribution in [1.29, 1.82) is 0 Å². The maximum absolute atomic E-state index is 6.04. The molecule has 0 spiro atoms. The first-order chi connectivity index (χ1) is 8.75. The van der Waals surface area contributed by atoms with Gasteiger partial charge < -0.3 is 20.5 Å². The lowest BCUT2D eigenvalue weighted by atomic mass is 10.2. The monoisotopic (exact) mass is 248 g/mol. The fourth-order valence-corrected chi connectivity index (χ4v) is 2.11. The van der Waals surface area contributed by atoms with E-state index in [1.807, 2.05) is 6.07 Å². The lowest BCUT2D eigenvalue weighted by Crippen LogP contribution is -2.35. The molecular formula is C14H20N2O2. The zero-order valence-corrected chi connectivity index (χ0v) is 10.6. The van der Waals surface area contributed by atoms with Gasteiger partial charge in [-0.15, -0.1) is 0 Å². The van der Waals surface area contributed by atoms with Crippen LogP contribution in [0.5, 0.6) is 11.5 Å². The van der Waals surface area contributed by atoms with Crippen LogP contribution in [0.15, 0.2) is 18.2 Å². The zero-order valence-electron chi connectivity index (χ0n) is 10.6. The molecule has 4 heteroatoms. The van der Waals surface area contributed by atoms with E-state index in [4.69, 9.17) is 15.2 Å². The Morgan fingerprint density at radius 3 is 2.72 bits per heavy atom. The van der Waals surface area contributed by atoms with Crippen LogP contribution >= 0.6 is 0 Å². The van der Waals surface area contributed by atoms with Gasteiger partial charge in [0, 0.05) is 25.0 Å². The van der Waals surface area contributed by atoms with E-state index >= 15 is 0 Å². The van der Waals surface area contributed by atoms with Crippen LogP contribution in [0.4, 0.5) is 0 Å². The van der Waals surface area contributed by atoms with Gasteiger partial charge in [-0.25, -0.2) is 0 Å². The number of benzene rings is 1. The highest BCUT2D eigenvalue weighted by molar-refractivity contribution is 5.43. The molecule has 18 heavy (non-hydrogen) atoms. The normalized spacial score (nSPS) is 20.3. The Balaban J connectivity index is 1.60. The molecule has 0 atom stereocenters. The van der Waals surface area contributed by atoms with E-state index in [2.05, 4.69) is 17.4 Å². The third kappa shape index (κ3) is 2.76. The quantitative estimate of drug-likeness (QED) is 0.846. The Hall–Kier alpha value is -1.26. The molecule has 1 heterocycles. The molecule has 0 bridgehead atoms. The highest BCUT2D eigenvalue weighted by atomic mass is 16.5. The van der Waals surface area contributed by atoms with E-state index in [0.29, 0.717) is 0 Å². The fourth-order valence-electron chi connectivity index (χ4n) is 2.11. The predicted octanol–water partition coefficient (Wildman–Crippen LogP) is 1.43. The summed E-state index contributed by atoms with van der Waals surface area (Å²) in [4.78, 5) is 0. The first kappa shape index (κ1) is 11.8. The molecule has 3 N–H and O–H groups in total. The summed E-state index contributed by atoms with van der Waals surface area (Å²) in [5, 5.41) is 3.41. The third-order valence-corrected chi connectivity index (χ3v) is 3.51. The molecule has 0 radical (unpaired) electrons. The SMILES string of the molecule is NC1(CNCc2ccc3c(c2)OCCCO3)CC1. The van der Waals surface area contributed by atoms with Crippen LogP contribution in [0.1, 0.15) is 24.8 Å². The molecule has 1 saturated carbocycles. The van der Waals surface area contributed by atoms with Crippen molar-refractivity contribution >= 4 is 0 Å². The first-order valence-electron chi connectivity index (χ1n) is 6.63. The van der Waals surface area contributed by atoms with Crippen LogP contribution in [0.2, 0.25) is 0 Å². The maximum Gasteiger partial charge on any atom is 0.161 e. The molecule has 2 aliphatic rings. The van der Waals surface area contributed by atoms with Crippen molar-refractivity contribution in [3.8, 4) is 11.5 Å². The van der Waals surface area contributed by atoms with Crippen molar-refractivity contribution in [3.63, 3.8) is 0 Å². The van der Waals surface area contributed by atoms with Crippen LogP contribution in [0.25, 0.3) is 0 Å². The van der Waals surface area contributed by atoms with Gasteiger partial charge in [-0.3, -0.25) is 0 Å². The minimum Gasteiger partial charge on any atom is -0.490 e. The maximum atomic E-state index is 6.04. The van der Waals surface area contributed by atoms with E-state index in [-0.39, 0.29) is 5.54 Å². The molecule has 0 unspecified atom stereocenters. The van der Waals surface area contributed by atoms with E-state index in [1.165, 1.54) is 5.56 Å². The minimum absolute atomic E-state index is 0.0608. The van der Waals surface area contributed by atoms with Crippen molar-refractivity contribution in [2.24, 2.45) is 5.73 Å². The summed E-state index contributed by atoms with van der Waals surface area (Å²) in [6.45, 7) is 3.19. The molecule has 4 nitrogen and oxygen atoms in total. The molecule has 1 aromatic carbocycles. The third-order valence-electron chi connectivity index (χ3n) is 3.51. The molecule has 0 saturated heterocycles. The molecule has 0 amide bonds. The van der Waals surface area contributed by atoms with Gasteiger partial charge in [0.1, 0.15) is 0 Å². The number of hydrogen-bond acceptors (Lipinski definition) is 4. The smallest absolute Gasteiger partial charge is 0.161 e. The molecule has 1 aromatic rings. The summed E-state index contributed by atoms with van der Waals surface area (Å²) in [5.74, 6) is 1.72. The van der Waals surface area contributed by atoms with Gasteiger partial charge in [0.05, 0.1) is 13.2 Å². The fraction of sp³-hybridized carbons (Fsp3) is 0.571. The zero-order chi connectivity index (χ0) is 12.4. The predicted molar refractivity (Wildman–Crippen MR) is 69.9 cm³/mol. The Bertz CT molecular complexity index is 430. The second kappa shape index (κ2) is 4.78. The highest BCUT2D eigenvalue weighted by Gasteiger charge is 2.37. The van der Waals surface area contributed by atoms with Crippen molar-refractivity contribution in [1.82, 2.24) is 5.32 Å². The van der Waals surface area contributed by atoms with Gasteiger partial charge in [0.25, 0.3) is 0 Å². The molecule has 98 valence electrons. The van der Waals surface area contributed by atoms with Crippen LogP contribution < -0.4 is 20.5 Å². The topological polar surface area (TPSA) is 56.5 Å². The molecule has 0 aromatic heterocycles. The Morgan fingerprint density at radius 2 is 1.94 bits per heavy atom. The van der Waals surface area contributed by atoms with Crippen molar-refractivity contribution < 1.29 is 9.47 Å². The number of nitrogens with two attached hydrogens (primary N) is 1. The summed E-state index contributed by atoms with van der Waals surface area (Å²) in [6.07, 6.45) is 3.22. The van der Waals surface area contributed by atoms with Gasteiger partial charge >= 0.3 is 0 Å². The lowest BCUT2D eigenvalue weighted by Gasteiger charge is -2.12. The summed E-state index contributed by atoms with van der Waals surface area (Å²) >= 11 is 0. The molecule has 3 rings (SSSR count). The average molecular weight is 248 g/mol. The number of ether oxygens (including phenoxy) is 2. The molecule has 1 aliphatic carbocycles. The van der Waals surface area contributed by atoms with Crippen LogP contribution in [-0.4, -0.2) is 25.3 Å². The second-order valence-electron chi connectivity index (χ2n) is 5.30.